The maximum atomic E-state index is 11.9. The van der Waals surface area contributed by atoms with Crippen molar-refractivity contribution in [3.8, 4) is 0 Å². The van der Waals surface area contributed by atoms with Crippen molar-refractivity contribution in [2.75, 3.05) is 13.1 Å². The van der Waals surface area contributed by atoms with Crippen LogP contribution in [-0.2, 0) is 4.79 Å². The van der Waals surface area contributed by atoms with Gasteiger partial charge in [0.25, 0.3) is 0 Å². The van der Waals surface area contributed by atoms with E-state index >= 15 is 0 Å². The lowest BCUT2D eigenvalue weighted by Gasteiger charge is -2.24. The second kappa shape index (κ2) is 6.47. The summed E-state index contributed by atoms with van der Waals surface area (Å²) in [7, 11) is 0. The number of rotatable bonds is 7. The summed E-state index contributed by atoms with van der Waals surface area (Å²) in [5, 5.41) is 11.5. The Morgan fingerprint density at radius 2 is 2.06 bits per heavy atom. The molecule has 1 fully saturated rings. The third kappa shape index (κ3) is 5.06. The van der Waals surface area contributed by atoms with Crippen molar-refractivity contribution in [3.63, 3.8) is 0 Å². The Kier molecular flexibility index (Phi) is 5.25. The zero-order valence-electron chi connectivity index (χ0n) is 10.6. The van der Waals surface area contributed by atoms with Crippen LogP contribution in [0.3, 0.4) is 0 Å². The number of amides is 2. The van der Waals surface area contributed by atoms with Gasteiger partial charge in [0, 0.05) is 19.1 Å². The Labute approximate surface area is 102 Å². The summed E-state index contributed by atoms with van der Waals surface area (Å²) in [4.78, 5) is 24.3. The van der Waals surface area contributed by atoms with Crippen LogP contribution in [0.4, 0.5) is 4.79 Å². The normalized spacial score (nSPS) is 16.4. The second-order valence-corrected chi connectivity index (χ2v) is 4.63. The number of carboxylic acids is 1. The molecule has 0 aromatic heterocycles. The number of carbonyl (C=O) groups is 2. The lowest BCUT2D eigenvalue weighted by Crippen LogP contribution is -2.46. The molecule has 17 heavy (non-hydrogen) atoms. The number of urea groups is 1. The predicted octanol–water partition coefficient (Wildman–Crippen LogP) is 1.68. The fraction of sp³-hybridized carbons (Fsp3) is 0.833. The highest BCUT2D eigenvalue weighted by Crippen LogP contribution is 2.29. The fourth-order valence-corrected chi connectivity index (χ4v) is 1.74. The van der Waals surface area contributed by atoms with Crippen molar-refractivity contribution < 1.29 is 14.7 Å². The largest absolute Gasteiger partial charge is 0.481 e. The van der Waals surface area contributed by atoms with E-state index < -0.39 is 5.97 Å². The Morgan fingerprint density at radius 3 is 2.47 bits per heavy atom. The van der Waals surface area contributed by atoms with Gasteiger partial charge in [-0.2, -0.15) is 0 Å². The summed E-state index contributed by atoms with van der Waals surface area (Å²) in [6, 6.07) is -0.402. The van der Waals surface area contributed by atoms with Crippen LogP contribution in [0.25, 0.3) is 0 Å². The first-order chi connectivity index (χ1) is 8.06. The minimum absolute atomic E-state index is 0.0107. The number of hydrogen-bond donors (Lipinski definition) is 2. The minimum Gasteiger partial charge on any atom is -0.481 e. The van der Waals surface area contributed by atoms with Crippen LogP contribution in [0.5, 0.6) is 0 Å². The molecule has 0 radical (unpaired) electrons. The number of hydrogen-bond acceptors (Lipinski definition) is 2. The zero-order chi connectivity index (χ0) is 12.8. The van der Waals surface area contributed by atoms with E-state index in [0.29, 0.717) is 18.9 Å². The van der Waals surface area contributed by atoms with E-state index in [1.54, 1.807) is 4.90 Å². The molecule has 0 heterocycles. The molecule has 0 spiro atoms. The van der Waals surface area contributed by atoms with Gasteiger partial charge in [-0.3, -0.25) is 4.79 Å². The summed E-state index contributed by atoms with van der Waals surface area (Å²) < 4.78 is 0. The molecule has 0 aromatic carbocycles. The highest BCUT2D eigenvalue weighted by molar-refractivity contribution is 5.76. The summed E-state index contributed by atoms with van der Waals surface area (Å²) in [6.45, 7) is 5.29. The van der Waals surface area contributed by atoms with E-state index in [-0.39, 0.29) is 18.5 Å². The summed E-state index contributed by atoms with van der Waals surface area (Å²) in [5.41, 5.74) is 0. The predicted molar refractivity (Wildman–Crippen MR) is 64.8 cm³/mol. The number of carbonyl (C=O) groups excluding carboxylic acids is 1. The van der Waals surface area contributed by atoms with E-state index in [0.717, 1.165) is 6.54 Å². The monoisotopic (exact) mass is 242 g/mol. The van der Waals surface area contributed by atoms with Gasteiger partial charge in [0.2, 0.25) is 0 Å². The Morgan fingerprint density at radius 1 is 1.41 bits per heavy atom. The van der Waals surface area contributed by atoms with Crippen LogP contribution >= 0.6 is 0 Å². The number of nitrogens with one attached hydrogen (secondary N) is 1. The molecule has 1 saturated carbocycles. The van der Waals surface area contributed by atoms with Gasteiger partial charge in [0.05, 0.1) is 6.42 Å². The highest BCUT2D eigenvalue weighted by atomic mass is 16.4. The fourth-order valence-electron chi connectivity index (χ4n) is 1.74. The standard InChI is InChI=1S/C12H22N2O3/c1-3-10(7-11(15)16)13-12(17)14(4-2)8-9-5-6-9/h9-10H,3-8H2,1-2H3,(H,13,17)(H,15,16). The summed E-state index contributed by atoms with van der Waals surface area (Å²) >= 11 is 0. The van der Waals surface area contributed by atoms with Crippen molar-refractivity contribution in [2.24, 2.45) is 5.92 Å². The molecule has 0 saturated heterocycles. The van der Waals surface area contributed by atoms with E-state index in [2.05, 4.69) is 5.32 Å². The molecule has 1 unspecified atom stereocenters. The van der Waals surface area contributed by atoms with E-state index in [4.69, 9.17) is 5.11 Å². The number of aliphatic carboxylic acids is 1. The van der Waals surface area contributed by atoms with Crippen LogP contribution in [-0.4, -0.2) is 41.1 Å². The van der Waals surface area contributed by atoms with E-state index in [1.807, 2.05) is 13.8 Å². The summed E-state index contributed by atoms with van der Waals surface area (Å²) in [6.07, 6.45) is 3.04. The molecule has 2 N–H and O–H groups in total. The average molecular weight is 242 g/mol. The second-order valence-electron chi connectivity index (χ2n) is 4.63. The minimum atomic E-state index is -0.873. The lowest BCUT2D eigenvalue weighted by atomic mass is 10.1. The average Bonchev–Trinajstić information content (AvgIpc) is 3.07. The smallest absolute Gasteiger partial charge is 0.317 e. The molecule has 5 heteroatoms. The van der Waals surface area contributed by atoms with Crippen LogP contribution in [0.2, 0.25) is 0 Å². The SMILES string of the molecule is CCC(CC(=O)O)NC(=O)N(CC)CC1CC1. The number of nitrogens with zero attached hydrogens (tertiary/aromatic N) is 1. The molecule has 1 rings (SSSR count). The molecule has 0 aromatic rings. The van der Waals surface area contributed by atoms with Gasteiger partial charge in [0.1, 0.15) is 0 Å². The van der Waals surface area contributed by atoms with E-state index in [9.17, 15) is 9.59 Å². The molecule has 0 bridgehead atoms. The van der Waals surface area contributed by atoms with Gasteiger partial charge in [-0.05, 0) is 32.1 Å². The van der Waals surface area contributed by atoms with Crippen molar-refractivity contribution in [1.29, 1.82) is 0 Å². The van der Waals surface area contributed by atoms with E-state index in [1.165, 1.54) is 12.8 Å². The van der Waals surface area contributed by atoms with Crippen molar-refractivity contribution in [3.05, 3.63) is 0 Å². The third-order valence-corrected chi connectivity index (χ3v) is 3.09. The molecule has 1 aliphatic rings. The van der Waals surface area contributed by atoms with Crippen LogP contribution in [0.15, 0.2) is 0 Å². The lowest BCUT2D eigenvalue weighted by molar-refractivity contribution is -0.137. The topological polar surface area (TPSA) is 69.6 Å². The van der Waals surface area contributed by atoms with Crippen molar-refractivity contribution >= 4 is 12.0 Å². The summed E-state index contributed by atoms with van der Waals surface area (Å²) in [5.74, 6) is -0.220. The highest BCUT2D eigenvalue weighted by Gasteiger charge is 2.26. The van der Waals surface area contributed by atoms with Crippen LogP contribution < -0.4 is 5.32 Å². The quantitative estimate of drug-likeness (QED) is 0.713. The third-order valence-electron chi connectivity index (χ3n) is 3.09. The molecular formula is C12H22N2O3. The Bertz CT molecular complexity index is 277. The Hall–Kier alpha value is -1.26. The maximum Gasteiger partial charge on any atom is 0.317 e. The van der Waals surface area contributed by atoms with Crippen LogP contribution in [0, 0.1) is 5.92 Å². The molecular weight excluding hydrogens is 220 g/mol. The van der Waals surface area contributed by atoms with Crippen molar-refractivity contribution in [1.82, 2.24) is 10.2 Å². The van der Waals surface area contributed by atoms with Gasteiger partial charge >= 0.3 is 12.0 Å². The Balaban J connectivity index is 2.39. The number of carboxylic acid groups (broad SMARTS) is 1. The molecule has 1 atom stereocenters. The first-order valence-corrected chi connectivity index (χ1v) is 6.34. The van der Waals surface area contributed by atoms with Gasteiger partial charge < -0.3 is 15.3 Å². The molecule has 1 aliphatic carbocycles. The van der Waals surface area contributed by atoms with Gasteiger partial charge in [-0.15, -0.1) is 0 Å². The molecule has 98 valence electrons. The van der Waals surface area contributed by atoms with Gasteiger partial charge in [-0.25, -0.2) is 4.79 Å². The van der Waals surface area contributed by atoms with Gasteiger partial charge in [0.15, 0.2) is 0 Å². The first-order valence-electron chi connectivity index (χ1n) is 6.34. The molecule has 5 nitrogen and oxygen atoms in total. The molecule has 2 amide bonds. The first kappa shape index (κ1) is 13.8. The van der Waals surface area contributed by atoms with Gasteiger partial charge in [-0.1, -0.05) is 6.92 Å². The maximum absolute atomic E-state index is 11.9. The van der Waals surface area contributed by atoms with Crippen LogP contribution in [0.1, 0.15) is 39.5 Å². The van der Waals surface area contributed by atoms with Crippen molar-refractivity contribution in [2.45, 2.75) is 45.6 Å². The molecule has 0 aliphatic heterocycles. The zero-order valence-corrected chi connectivity index (χ0v) is 10.6.